The van der Waals surface area contributed by atoms with Crippen LogP contribution >= 0.6 is 15.9 Å². The molecule has 1 aromatic heterocycles. The van der Waals surface area contributed by atoms with Gasteiger partial charge in [-0.2, -0.15) is 0 Å². The van der Waals surface area contributed by atoms with E-state index in [0.717, 1.165) is 5.69 Å². The standard InChI is InChI=1S/C14H14BrNO2/c1-9(2)10-3-5-11(6-4-10)16-14(17)12-7-8-13(15)18-12/h3-9H,1-2H3,(H,16,17). The highest BCUT2D eigenvalue weighted by Gasteiger charge is 2.10. The molecular weight excluding hydrogens is 294 g/mol. The van der Waals surface area contributed by atoms with Gasteiger partial charge in [0.05, 0.1) is 0 Å². The molecule has 0 aliphatic heterocycles. The summed E-state index contributed by atoms with van der Waals surface area (Å²) in [4.78, 5) is 11.8. The molecule has 1 heterocycles. The molecule has 0 aliphatic rings. The van der Waals surface area contributed by atoms with Gasteiger partial charge in [0.15, 0.2) is 10.4 Å². The molecule has 0 spiro atoms. The van der Waals surface area contributed by atoms with Crippen LogP contribution in [0.1, 0.15) is 35.9 Å². The fourth-order valence-electron chi connectivity index (χ4n) is 1.58. The van der Waals surface area contributed by atoms with E-state index in [4.69, 9.17) is 4.42 Å². The Morgan fingerprint density at radius 1 is 1.17 bits per heavy atom. The molecule has 94 valence electrons. The number of carbonyl (C=O) groups is 1. The van der Waals surface area contributed by atoms with Gasteiger partial charge in [0.1, 0.15) is 0 Å². The van der Waals surface area contributed by atoms with Crippen molar-refractivity contribution in [2.75, 3.05) is 5.32 Å². The van der Waals surface area contributed by atoms with Crippen LogP contribution < -0.4 is 5.32 Å². The van der Waals surface area contributed by atoms with Crippen LogP contribution in [0.5, 0.6) is 0 Å². The van der Waals surface area contributed by atoms with Crippen molar-refractivity contribution in [1.82, 2.24) is 0 Å². The largest absolute Gasteiger partial charge is 0.444 e. The molecule has 18 heavy (non-hydrogen) atoms. The van der Waals surface area contributed by atoms with E-state index in [1.807, 2.05) is 24.3 Å². The molecule has 2 aromatic rings. The number of halogens is 1. The lowest BCUT2D eigenvalue weighted by Crippen LogP contribution is -2.10. The summed E-state index contributed by atoms with van der Waals surface area (Å²) in [7, 11) is 0. The fourth-order valence-corrected chi connectivity index (χ4v) is 1.89. The maximum Gasteiger partial charge on any atom is 0.291 e. The fraction of sp³-hybridized carbons (Fsp3) is 0.214. The van der Waals surface area contributed by atoms with Gasteiger partial charge in [0, 0.05) is 5.69 Å². The van der Waals surface area contributed by atoms with Gasteiger partial charge in [-0.15, -0.1) is 0 Å². The van der Waals surface area contributed by atoms with E-state index >= 15 is 0 Å². The van der Waals surface area contributed by atoms with Gasteiger partial charge in [0.25, 0.3) is 5.91 Å². The average molecular weight is 308 g/mol. The zero-order valence-electron chi connectivity index (χ0n) is 10.2. The Hall–Kier alpha value is -1.55. The summed E-state index contributed by atoms with van der Waals surface area (Å²) in [5.41, 5.74) is 2.01. The summed E-state index contributed by atoms with van der Waals surface area (Å²) in [6.07, 6.45) is 0. The Balaban J connectivity index is 2.07. The lowest BCUT2D eigenvalue weighted by atomic mass is 10.0. The lowest BCUT2D eigenvalue weighted by molar-refractivity contribution is 0.0995. The summed E-state index contributed by atoms with van der Waals surface area (Å²) >= 11 is 3.16. The predicted octanol–water partition coefficient (Wildman–Crippen LogP) is 4.42. The first-order valence-electron chi connectivity index (χ1n) is 5.73. The predicted molar refractivity (Wildman–Crippen MR) is 74.9 cm³/mol. The highest BCUT2D eigenvalue weighted by atomic mass is 79.9. The second-order valence-electron chi connectivity index (χ2n) is 4.33. The van der Waals surface area contributed by atoms with Crippen LogP contribution in [0.15, 0.2) is 45.5 Å². The minimum absolute atomic E-state index is 0.252. The van der Waals surface area contributed by atoms with E-state index in [1.165, 1.54) is 5.56 Å². The third-order valence-corrected chi connectivity index (χ3v) is 3.06. The van der Waals surface area contributed by atoms with Gasteiger partial charge < -0.3 is 9.73 Å². The number of rotatable bonds is 3. The third kappa shape index (κ3) is 3.01. The van der Waals surface area contributed by atoms with Crippen molar-refractivity contribution in [2.45, 2.75) is 19.8 Å². The minimum Gasteiger partial charge on any atom is -0.444 e. The summed E-state index contributed by atoms with van der Waals surface area (Å²) in [5.74, 6) is 0.517. The molecule has 0 aliphatic carbocycles. The van der Waals surface area contributed by atoms with Crippen molar-refractivity contribution in [3.05, 3.63) is 52.4 Å². The minimum atomic E-state index is -0.252. The van der Waals surface area contributed by atoms with Crippen molar-refractivity contribution in [3.63, 3.8) is 0 Å². The zero-order chi connectivity index (χ0) is 13.1. The first-order chi connectivity index (χ1) is 8.56. The number of hydrogen-bond donors (Lipinski definition) is 1. The molecule has 1 N–H and O–H groups in total. The molecule has 0 saturated heterocycles. The molecule has 0 bridgehead atoms. The van der Waals surface area contributed by atoms with Crippen LogP contribution in [0.25, 0.3) is 0 Å². The van der Waals surface area contributed by atoms with Gasteiger partial charge >= 0.3 is 0 Å². The summed E-state index contributed by atoms with van der Waals surface area (Å²) in [6, 6.07) is 11.1. The van der Waals surface area contributed by atoms with Crippen LogP contribution in [0.2, 0.25) is 0 Å². The number of hydrogen-bond acceptors (Lipinski definition) is 2. The number of furan rings is 1. The summed E-state index contributed by atoms with van der Waals surface area (Å²) < 4.78 is 5.73. The van der Waals surface area contributed by atoms with Crippen molar-refractivity contribution < 1.29 is 9.21 Å². The second-order valence-corrected chi connectivity index (χ2v) is 5.12. The van der Waals surface area contributed by atoms with E-state index in [-0.39, 0.29) is 11.7 Å². The molecule has 0 atom stereocenters. The normalized spacial score (nSPS) is 10.7. The molecule has 1 aromatic carbocycles. The van der Waals surface area contributed by atoms with Crippen LogP contribution in [0, 0.1) is 0 Å². The first kappa shape index (κ1) is 12.9. The maximum atomic E-state index is 11.8. The Morgan fingerprint density at radius 2 is 1.83 bits per heavy atom. The molecule has 0 saturated carbocycles. The van der Waals surface area contributed by atoms with Crippen molar-refractivity contribution >= 4 is 27.5 Å². The van der Waals surface area contributed by atoms with E-state index in [9.17, 15) is 4.79 Å². The van der Waals surface area contributed by atoms with E-state index < -0.39 is 0 Å². The highest BCUT2D eigenvalue weighted by molar-refractivity contribution is 9.10. The number of anilines is 1. The van der Waals surface area contributed by atoms with Crippen LogP contribution in [-0.2, 0) is 0 Å². The Bertz CT molecular complexity index is 543. The quantitative estimate of drug-likeness (QED) is 0.912. The number of amides is 1. The van der Waals surface area contributed by atoms with Gasteiger partial charge in [-0.1, -0.05) is 26.0 Å². The number of nitrogens with one attached hydrogen (secondary N) is 1. The Kier molecular flexibility index (Phi) is 3.87. The number of benzene rings is 1. The van der Waals surface area contributed by atoms with Gasteiger partial charge in [-0.3, -0.25) is 4.79 Å². The van der Waals surface area contributed by atoms with Gasteiger partial charge in [0.2, 0.25) is 0 Å². The summed E-state index contributed by atoms with van der Waals surface area (Å²) in [6.45, 7) is 4.27. The Morgan fingerprint density at radius 3 is 2.33 bits per heavy atom. The molecular formula is C14H14BrNO2. The van der Waals surface area contributed by atoms with Gasteiger partial charge in [-0.25, -0.2) is 0 Å². The molecule has 4 heteroatoms. The van der Waals surface area contributed by atoms with E-state index in [0.29, 0.717) is 10.6 Å². The van der Waals surface area contributed by atoms with Crippen molar-refractivity contribution in [3.8, 4) is 0 Å². The summed E-state index contributed by atoms with van der Waals surface area (Å²) in [5, 5.41) is 2.78. The van der Waals surface area contributed by atoms with Crippen LogP contribution in [0.4, 0.5) is 5.69 Å². The van der Waals surface area contributed by atoms with Crippen molar-refractivity contribution in [1.29, 1.82) is 0 Å². The average Bonchev–Trinajstić information content (AvgIpc) is 2.76. The SMILES string of the molecule is CC(C)c1ccc(NC(=O)c2ccc(Br)o2)cc1. The van der Waals surface area contributed by atoms with Crippen LogP contribution in [-0.4, -0.2) is 5.91 Å². The van der Waals surface area contributed by atoms with E-state index in [2.05, 4.69) is 35.1 Å². The monoisotopic (exact) mass is 307 g/mol. The van der Waals surface area contributed by atoms with Crippen LogP contribution in [0.3, 0.4) is 0 Å². The number of carbonyl (C=O) groups excluding carboxylic acids is 1. The van der Waals surface area contributed by atoms with Crippen molar-refractivity contribution in [2.24, 2.45) is 0 Å². The maximum absolute atomic E-state index is 11.8. The third-order valence-electron chi connectivity index (χ3n) is 2.63. The molecule has 0 fully saturated rings. The molecule has 3 nitrogen and oxygen atoms in total. The zero-order valence-corrected chi connectivity index (χ0v) is 11.8. The van der Waals surface area contributed by atoms with E-state index in [1.54, 1.807) is 12.1 Å². The second kappa shape index (κ2) is 5.40. The Labute approximate surface area is 114 Å². The lowest BCUT2D eigenvalue weighted by Gasteiger charge is -2.07. The molecule has 2 rings (SSSR count). The molecule has 0 radical (unpaired) electrons. The molecule has 0 unspecified atom stereocenters. The highest BCUT2D eigenvalue weighted by Crippen LogP contribution is 2.19. The molecule has 1 amide bonds. The smallest absolute Gasteiger partial charge is 0.291 e. The topological polar surface area (TPSA) is 42.2 Å². The van der Waals surface area contributed by atoms with Gasteiger partial charge in [-0.05, 0) is 51.7 Å². The first-order valence-corrected chi connectivity index (χ1v) is 6.52.